The molecule has 10 heavy (non-hydrogen) atoms. The van der Waals surface area contributed by atoms with Crippen molar-refractivity contribution in [1.29, 1.82) is 0 Å². The van der Waals surface area contributed by atoms with Crippen LogP contribution in [-0.2, 0) is 0 Å². The van der Waals surface area contributed by atoms with Gasteiger partial charge in [0, 0.05) is 0 Å². The molecule has 4 nitrogen and oxygen atoms in total. The first-order valence-electron chi connectivity index (χ1n) is 3.33. The van der Waals surface area contributed by atoms with Crippen molar-refractivity contribution in [3.8, 4) is 0 Å². The molecule has 1 aromatic rings. The molecule has 0 aliphatic heterocycles. The van der Waals surface area contributed by atoms with Crippen molar-refractivity contribution in [1.82, 2.24) is 14.8 Å². The van der Waals surface area contributed by atoms with E-state index in [1.807, 2.05) is 6.92 Å². The summed E-state index contributed by atoms with van der Waals surface area (Å²) in [6, 6.07) is 0.0856. The average Bonchev–Trinajstić information content (AvgIpc) is 2.43. The van der Waals surface area contributed by atoms with Crippen molar-refractivity contribution in [2.45, 2.75) is 19.4 Å². The lowest BCUT2D eigenvalue weighted by atomic mass is 10.2. The standard InChI is InChI=1S/C6H11N3O/c1-2-6(3-10)9-5-7-4-8-9/h4-6,10H,2-3H2,1H3. The normalized spacial score (nSPS) is 13.4. The van der Waals surface area contributed by atoms with Crippen LogP contribution in [0.3, 0.4) is 0 Å². The molecule has 0 amide bonds. The van der Waals surface area contributed by atoms with Gasteiger partial charge in [-0.3, -0.25) is 0 Å². The second-order valence-corrected chi connectivity index (χ2v) is 2.12. The molecular formula is C6H11N3O. The summed E-state index contributed by atoms with van der Waals surface area (Å²) >= 11 is 0. The first kappa shape index (κ1) is 7.21. The minimum absolute atomic E-state index is 0.0856. The fraction of sp³-hybridized carbons (Fsp3) is 0.667. The third-order valence-corrected chi connectivity index (χ3v) is 1.49. The number of aliphatic hydroxyl groups is 1. The van der Waals surface area contributed by atoms with Crippen molar-refractivity contribution in [3.63, 3.8) is 0 Å². The van der Waals surface area contributed by atoms with Crippen molar-refractivity contribution in [3.05, 3.63) is 12.7 Å². The van der Waals surface area contributed by atoms with Crippen molar-refractivity contribution < 1.29 is 5.11 Å². The van der Waals surface area contributed by atoms with Gasteiger partial charge in [-0.1, -0.05) is 6.92 Å². The monoisotopic (exact) mass is 141 g/mol. The molecule has 1 rings (SSSR count). The Bertz CT molecular complexity index is 169. The molecule has 0 saturated carbocycles. The second-order valence-electron chi connectivity index (χ2n) is 2.12. The lowest BCUT2D eigenvalue weighted by Gasteiger charge is -2.09. The van der Waals surface area contributed by atoms with Crippen LogP contribution in [0.5, 0.6) is 0 Å². The topological polar surface area (TPSA) is 50.9 Å². The molecule has 1 heterocycles. The van der Waals surface area contributed by atoms with Crippen LogP contribution >= 0.6 is 0 Å². The molecule has 0 aliphatic rings. The summed E-state index contributed by atoms with van der Waals surface area (Å²) in [6.07, 6.45) is 3.96. The maximum absolute atomic E-state index is 8.81. The van der Waals surface area contributed by atoms with Gasteiger partial charge in [-0.15, -0.1) is 0 Å². The fourth-order valence-corrected chi connectivity index (χ4v) is 0.806. The minimum atomic E-state index is 0.0856. The van der Waals surface area contributed by atoms with Gasteiger partial charge < -0.3 is 5.11 Å². The molecule has 0 saturated heterocycles. The van der Waals surface area contributed by atoms with Gasteiger partial charge in [0.25, 0.3) is 0 Å². The Hall–Kier alpha value is -0.900. The van der Waals surface area contributed by atoms with E-state index < -0.39 is 0 Å². The Morgan fingerprint density at radius 1 is 1.70 bits per heavy atom. The summed E-state index contributed by atoms with van der Waals surface area (Å²) in [5, 5.41) is 12.7. The number of aromatic nitrogens is 3. The molecule has 0 aliphatic carbocycles. The third kappa shape index (κ3) is 1.33. The minimum Gasteiger partial charge on any atom is -0.394 e. The maximum Gasteiger partial charge on any atom is 0.137 e. The zero-order valence-corrected chi connectivity index (χ0v) is 5.94. The van der Waals surface area contributed by atoms with Gasteiger partial charge in [-0.2, -0.15) is 5.10 Å². The quantitative estimate of drug-likeness (QED) is 0.655. The van der Waals surface area contributed by atoms with Crippen LogP contribution in [0.15, 0.2) is 12.7 Å². The van der Waals surface area contributed by atoms with Crippen LogP contribution < -0.4 is 0 Å². The van der Waals surface area contributed by atoms with Crippen LogP contribution in [-0.4, -0.2) is 26.5 Å². The van der Waals surface area contributed by atoms with E-state index in [1.165, 1.54) is 6.33 Å². The Morgan fingerprint density at radius 2 is 2.50 bits per heavy atom. The van der Waals surface area contributed by atoms with E-state index in [-0.39, 0.29) is 12.6 Å². The Labute approximate surface area is 59.5 Å². The number of nitrogens with zero attached hydrogens (tertiary/aromatic N) is 3. The summed E-state index contributed by atoms with van der Waals surface area (Å²) in [7, 11) is 0. The molecule has 1 unspecified atom stereocenters. The van der Waals surface area contributed by atoms with Crippen molar-refractivity contribution in [2.24, 2.45) is 0 Å². The highest BCUT2D eigenvalue weighted by Gasteiger charge is 2.05. The van der Waals surface area contributed by atoms with Crippen molar-refractivity contribution in [2.75, 3.05) is 6.61 Å². The molecule has 0 aromatic carbocycles. The third-order valence-electron chi connectivity index (χ3n) is 1.49. The van der Waals surface area contributed by atoms with E-state index >= 15 is 0 Å². The maximum atomic E-state index is 8.81. The predicted octanol–water partition coefficient (Wildman–Crippen LogP) is 0.222. The van der Waals surface area contributed by atoms with Gasteiger partial charge in [0.1, 0.15) is 12.7 Å². The molecule has 0 radical (unpaired) electrons. The SMILES string of the molecule is CCC(CO)n1cncn1. The molecule has 0 spiro atoms. The zero-order valence-electron chi connectivity index (χ0n) is 5.94. The smallest absolute Gasteiger partial charge is 0.137 e. The van der Waals surface area contributed by atoms with Crippen LogP contribution in [0.2, 0.25) is 0 Å². The summed E-state index contributed by atoms with van der Waals surface area (Å²) in [4.78, 5) is 3.78. The van der Waals surface area contributed by atoms with Gasteiger partial charge in [0.05, 0.1) is 12.6 Å². The first-order valence-corrected chi connectivity index (χ1v) is 3.33. The lowest BCUT2D eigenvalue weighted by molar-refractivity contribution is 0.214. The largest absolute Gasteiger partial charge is 0.394 e. The van der Waals surface area contributed by atoms with E-state index in [0.29, 0.717) is 0 Å². The second kappa shape index (κ2) is 3.31. The van der Waals surface area contributed by atoms with E-state index in [9.17, 15) is 0 Å². The highest BCUT2D eigenvalue weighted by molar-refractivity contribution is 4.65. The van der Waals surface area contributed by atoms with Gasteiger partial charge in [0.15, 0.2) is 0 Å². The summed E-state index contributed by atoms with van der Waals surface area (Å²) in [6.45, 7) is 2.13. The molecule has 4 heteroatoms. The molecular weight excluding hydrogens is 130 g/mol. The highest BCUT2D eigenvalue weighted by Crippen LogP contribution is 2.05. The number of hydrogen-bond acceptors (Lipinski definition) is 3. The Morgan fingerprint density at radius 3 is 2.90 bits per heavy atom. The van der Waals surface area contributed by atoms with E-state index in [2.05, 4.69) is 10.1 Å². The van der Waals surface area contributed by atoms with Crippen LogP contribution in [0, 0.1) is 0 Å². The summed E-state index contributed by atoms with van der Waals surface area (Å²) < 4.78 is 1.67. The van der Waals surface area contributed by atoms with Crippen LogP contribution in [0.4, 0.5) is 0 Å². The van der Waals surface area contributed by atoms with Crippen LogP contribution in [0.25, 0.3) is 0 Å². The van der Waals surface area contributed by atoms with Gasteiger partial charge >= 0.3 is 0 Å². The molecule has 1 atom stereocenters. The lowest BCUT2D eigenvalue weighted by Crippen LogP contribution is -2.12. The van der Waals surface area contributed by atoms with E-state index in [1.54, 1.807) is 11.0 Å². The number of rotatable bonds is 3. The molecule has 1 aromatic heterocycles. The van der Waals surface area contributed by atoms with Gasteiger partial charge in [-0.25, -0.2) is 9.67 Å². The molecule has 56 valence electrons. The zero-order chi connectivity index (χ0) is 7.40. The van der Waals surface area contributed by atoms with Crippen molar-refractivity contribution >= 4 is 0 Å². The van der Waals surface area contributed by atoms with E-state index in [0.717, 1.165) is 6.42 Å². The van der Waals surface area contributed by atoms with Crippen LogP contribution in [0.1, 0.15) is 19.4 Å². The van der Waals surface area contributed by atoms with Gasteiger partial charge in [-0.05, 0) is 6.42 Å². The predicted molar refractivity (Wildman–Crippen MR) is 36.4 cm³/mol. The number of hydrogen-bond donors (Lipinski definition) is 1. The first-order chi connectivity index (χ1) is 4.88. The molecule has 1 N–H and O–H groups in total. The fourth-order valence-electron chi connectivity index (χ4n) is 0.806. The van der Waals surface area contributed by atoms with Gasteiger partial charge in [0.2, 0.25) is 0 Å². The Kier molecular flexibility index (Phi) is 2.39. The summed E-state index contributed by atoms with van der Waals surface area (Å²) in [5.41, 5.74) is 0. The average molecular weight is 141 g/mol. The summed E-state index contributed by atoms with van der Waals surface area (Å²) in [5.74, 6) is 0. The highest BCUT2D eigenvalue weighted by atomic mass is 16.3. The Balaban J connectivity index is 2.64. The molecule has 0 fully saturated rings. The van der Waals surface area contributed by atoms with E-state index in [4.69, 9.17) is 5.11 Å². The molecule has 0 bridgehead atoms. The number of aliphatic hydroxyl groups excluding tert-OH is 1.